The van der Waals surface area contributed by atoms with Crippen molar-refractivity contribution in [3.05, 3.63) is 0 Å². The molecule has 1 unspecified atom stereocenters. The molecule has 0 saturated carbocycles. The molecule has 0 aliphatic rings. The van der Waals surface area contributed by atoms with Crippen molar-refractivity contribution in [2.45, 2.75) is 52.2 Å². The number of hydrogen-bond acceptors (Lipinski definition) is 2. The number of rotatable bonds is 7. The van der Waals surface area contributed by atoms with Gasteiger partial charge in [-0.15, -0.1) is 0 Å². The van der Waals surface area contributed by atoms with Crippen LogP contribution in [0.4, 0.5) is 4.39 Å². The molecule has 0 rings (SSSR count). The van der Waals surface area contributed by atoms with Crippen molar-refractivity contribution in [1.82, 2.24) is 0 Å². The molecule has 0 N–H and O–H groups in total. The Bertz CT molecular complexity index is 153. The average Bonchev–Trinajstić information content (AvgIpc) is 2.03. The number of halogens is 2. The van der Waals surface area contributed by atoms with Gasteiger partial charge in [-0.25, -0.2) is 4.39 Å². The molecule has 2 nitrogen and oxygen atoms in total. The van der Waals surface area contributed by atoms with Crippen molar-refractivity contribution in [3.63, 3.8) is 0 Å². The minimum Gasteiger partial charge on any atom is -0.353 e. The lowest BCUT2D eigenvalue weighted by atomic mass is 10.0. The molecule has 0 saturated heterocycles. The Kier molecular flexibility index (Phi) is 7.24. The van der Waals surface area contributed by atoms with E-state index in [0.717, 1.165) is 4.43 Å². The summed E-state index contributed by atoms with van der Waals surface area (Å²) in [5.74, 6) is 0. The van der Waals surface area contributed by atoms with E-state index in [1.165, 1.54) is 0 Å². The topological polar surface area (TPSA) is 18.5 Å². The first-order valence-corrected chi connectivity index (χ1v) is 6.46. The maximum atomic E-state index is 13.6. The van der Waals surface area contributed by atoms with Gasteiger partial charge in [0.1, 0.15) is 6.17 Å². The van der Waals surface area contributed by atoms with Crippen molar-refractivity contribution in [2.24, 2.45) is 0 Å². The molecular weight excluding hydrogens is 298 g/mol. The number of alkyl halides is 2. The SMILES string of the molecule is CCOC(C)OC(C)(C)[C@@H](F)CCI. The molecular formula is C10H20FIO2. The maximum absolute atomic E-state index is 13.6. The van der Waals surface area contributed by atoms with Gasteiger partial charge in [0.25, 0.3) is 0 Å². The summed E-state index contributed by atoms with van der Waals surface area (Å²) in [5, 5.41) is 0. The van der Waals surface area contributed by atoms with Gasteiger partial charge in [-0.3, -0.25) is 0 Å². The fourth-order valence-corrected chi connectivity index (χ4v) is 1.76. The van der Waals surface area contributed by atoms with Crippen LogP contribution >= 0.6 is 22.6 Å². The molecule has 0 aliphatic heterocycles. The minimum absolute atomic E-state index is 0.345. The van der Waals surface area contributed by atoms with Crippen LogP contribution in [0, 0.1) is 0 Å². The standard InChI is InChI=1S/C10H20FIO2/c1-5-13-8(2)14-10(3,4)9(11)6-7-12/h8-9H,5-7H2,1-4H3/t8?,9-/m0/s1. The summed E-state index contributed by atoms with van der Waals surface area (Å²) in [6.45, 7) is 7.80. The fraction of sp³-hybridized carbons (Fsp3) is 1.00. The molecule has 0 heterocycles. The van der Waals surface area contributed by atoms with Gasteiger partial charge in [-0.1, -0.05) is 22.6 Å². The van der Waals surface area contributed by atoms with Crippen LogP contribution in [0.2, 0.25) is 0 Å². The lowest BCUT2D eigenvalue weighted by Crippen LogP contribution is -2.40. The van der Waals surface area contributed by atoms with E-state index in [4.69, 9.17) is 9.47 Å². The average molecular weight is 318 g/mol. The van der Waals surface area contributed by atoms with Crippen LogP contribution in [0.25, 0.3) is 0 Å². The summed E-state index contributed by atoms with van der Waals surface area (Å²) in [4.78, 5) is 0. The zero-order valence-electron chi connectivity index (χ0n) is 9.35. The molecule has 0 radical (unpaired) electrons. The summed E-state index contributed by atoms with van der Waals surface area (Å²) >= 11 is 2.17. The van der Waals surface area contributed by atoms with Crippen molar-refractivity contribution in [1.29, 1.82) is 0 Å². The van der Waals surface area contributed by atoms with Gasteiger partial charge in [0.15, 0.2) is 6.29 Å². The van der Waals surface area contributed by atoms with Crippen LogP contribution in [-0.4, -0.2) is 29.1 Å². The Morgan fingerprint density at radius 1 is 1.43 bits per heavy atom. The van der Waals surface area contributed by atoms with Gasteiger partial charge >= 0.3 is 0 Å². The highest BCUT2D eigenvalue weighted by Crippen LogP contribution is 2.23. The molecule has 0 spiro atoms. The monoisotopic (exact) mass is 318 g/mol. The van der Waals surface area contributed by atoms with Crippen molar-refractivity contribution in [2.75, 3.05) is 11.0 Å². The zero-order chi connectivity index (χ0) is 11.2. The predicted molar refractivity (Wildman–Crippen MR) is 64.7 cm³/mol. The number of ether oxygens (including phenoxy) is 2. The van der Waals surface area contributed by atoms with E-state index in [0.29, 0.717) is 13.0 Å². The van der Waals surface area contributed by atoms with Crippen LogP contribution in [0.15, 0.2) is 0 Å². The van der Waals surface area contributed by atoms with E-state index >= 15 is 0 Å². The molecule has 0 bridgehead atoms. The minimum atomic E-state index is -0.942. The largest absolute Gasteiger partial charge is 0.353 e. The van der Waals surface area contributed by atoms with Gasteiger partial charge in [0.05, 0.1) is 5.60 Å². The molecule has 0 aromatic heterocycles. The molecule has 14 heavy (non-hydrogen) atoms. The second kappa shape index (κ2) is 6.95. The molecule has 0 aliphatic carbocycles. The molecule has 0 aromatic carbocycles. The zero-order valence-corrected chi connectivity index (χ0v) is 11.5. The van der Waals surface area contributed by atoms with Gasteiger partial charge < -0.3 is 9.47 Å². The number of hydrogen-bond donors (Lipinski definition) is 0. The maximum Gasteiger partial charge on any atom is 0.155 e. The Morgan fingerprint density at radius 2 is 2.00 bits per heavy atom. The Hall–Kier alpha value is 0.580. The highest BCUT2D eigenvalue weighted by atomic mass is 127. The highest BCUT2D eigenvalue weighted by molar-refractivity contribution is 14.1. The summed E-state index contributed by atoms with van der Waals surface area (Å²) in [6.07, 6.45) is -0.767. The lowest BCUT2D eigenvalue weighted by Gasteiger charge is -2.31. The summed E-state index contributed by atoms with van der Waals surface area (Å²) in [5.41, 5.74) is -0.764. The van der Waals surface area contributed by atoms with Crippen molar-refractivity contribution in [3.8, 4) is 0 Å². The molecule has 4 heteroatoms. The molecule has 86 valence electrons. The van der Waals surface area contributed by atoms with E-state index in [-0.39, 0.29) is 6.29 Å². The normalized spacial score (nSPS) is 16.7. The smallest absolute Gasteiger partial charge is 0.155 e. The van der Waals surface area contributed by atoms with Gasteiger partial charge in [0.2, 0.25) is 0 Å². The van der Waals surface area contributed by atoms with Crippen LogP contribution in [0.3, 0.4) is 0 Å². The second-order valence-corrected chi connectivity index (χ2v) is 4.77. The third-order valence-electron chi connectivity index (χ3n) is 1.99. The summed E-state index contributed by atoms with van der Waals surface area (Å²) in [7, 11) is 0. The van der Waals surface area contributed by atoms with Crippen molar-refractivity contribution < 1.29 is 13.9 Å². The third kappa shape index (κ3) is 5.46. The lowest BCUT2D eigenvalue weighted by molar-refractivity contribution is -0.207. The predicted octanol–water partition coefficient (Wildman–Crippen LogP) is 3.33. The molecule has 2 atom stereocenters. The Labute approximate surface area is 99.7 Å². The Morgan fingerprint density at radius 3 is 2.43 bits per heavy atom. The Balaban J connectivity index is 4.03. The van der Waals surface area contributed by atoms with Crippen molar-refractivity contribution >= 4 is 22.6 Å². The van der Waals surface area contributed by atoms with E-state index in [1.54, 1.807) is 20.8 Å². The van der Waals surface area contributed by atoms with Crippen LogP contribution < -0.4 is 0 Å². The first kappa shape index (κ1) is 14.6. The quantitative estimate of drug-likeness (QED) is 0.407. The van der Waals surface area contributed by atoms with Gasteiger partial charge in [-0.2, -0.15) is 0 Å². The highest BCUT2D eigenvalue weighted by Gasteiger charge is 2.31. The molecule has 0 aromatic rings. The third-order valence-corrected chi connectivity index (χ3v) is 2.61. The van der Waals surface area contributed by atoms with E-state index in [2.05, 4.69) is 22.6 Å². The van der Waals surface area contributed by atoms with E-state index in [9.17, 15) is 4.39 Å². The molecule has 0 fully saturated rings. The summed E-state index contributed by atoms with van der Waals surface area (Å²) in [6, 6.07) is 0. The fourth-order valence-electron chi connectivity index (χ4n) is 1.21. The summed E-state index contributed by atoms with van der Waals surface area (Å²) < 4.78 is 25.1. The first-order valence-electron chi connectivity index (χ1n) is 4.93. The van der Waals surface area contributed by atoms with E-state index < -0.39 is 11.8 Å². The van der Waals surface area contributed by atoms with E-state index in [1.807, 2.05) is 6.92 Å². The van der Waals surface area contributed by atoms with Crippen LogP contribution in [-0.2, 0) is 9.47 Å². The van der Waals surface area contributed by atoms with Crippen LogP contribution in [0.5, 0.6) is 0 Å². The molecule has 0 amide bonds. The van der Waals surface area contributed by atoms with Gasteiger partial charge in [0, 0.05) is 11.0 Å². The first-order chi connectivity index (χ1) is 6.44. The van der Waals surface area contributed by atoms with Gasteiger partial charge in [-0.05, 0) is 34.1 Å². The van der Waals surface area contributed by atoms with Crippen LogP contribution in [0.1, 0.15) is 34.1 Å². The second-order valence-electron chi connectivity index (χ2n) is 3.69.